The normalized spacial score (nSPS) is 10.8. The fourth-order valence-corrected chi connectivity index (χ4v) is 3.89. The Kier molecular flexibility index (Phi) is 6.13. The van der Waals surface area contributed by atoms with Gasteiger partial charge in [-0.2, -0.15) is 5.10 Å². The highest BCUT2D eigenvalue weighted by Crippen LogP contribution is 2.28. The Bertz CT molecular complexity index is 1450. The molecule has 0 aliphatic rings. The number of aryl methyl sites for hydroxylation is 1. The number of carbonyl (C=O) groups excluding carboxylic acids is 1. The highest BCUT2D eigenvalue weighted by Gasteiger charge is 2.19. The Labute approximate surface area is 203 Å². The number of aromatic nitrogens is 4. The molecule has 0 atom stereocenters. The van der Waals surface area contributed by atoms with Crippen molar-refractivity contribution in [3.05, 3.63) is 114 Å². The van der Waals surface area contributed by atoms with Gasteiger partial charge in [0.15, 0.2) is 0 Å². The summed E-state index contributed by atoms with van der Waals surface area (Å²) in [4.78, 5) is 17.6. The van der Waals surface area contributed by atoms with E-state index in [1.807, 2.05) is 90.5 Å². The summed E-state index contributed by atoms with van der Waals surface area (Å²) in [5.41, 5.74) is 5.66. The van der Waals surface area contributed by atoms with E-state index in [2.05, 4.69) is 10.3 Å². The zero-order valence-electron chi connectivity index (χ0n) is 19.6. The maximum atomic E-state index is 13.5. The zero-order valence-corrected chi connectivity index (χ0v) is 19.6. The first kappa shape index (κ1) is 22.2. The smallest absolute Gasteiger partial charge is 0.259 e. The second-order valence-electron chi connectivity index (χ2n) is 8.29. The highest BCUT2D eigenvalue weighted by atomic mass is 16.5. The van der Waals surface area contributed by atoms with E-state index in [-0.39, 0.29) is 5.91 Å². The van der Waals surface area contributed by atoms with Gasteiger partial charge in [-0.25, -0.2) is 9.67 Å². The molecule has 7 heteroatoms. The molecule has 3 aromatic carbocycles. The Hall–Kier alpha value is -4.65. The van der Waals surface area contributed by atoms with Crippen LogP contribution in [0.4, 0.5) is 5.69 Å². The Morgan fingerprint density at radius 1 is 1.03 bits per heavy atom. The number of rotatable bonds is 7. The lowest BCUT2D eigenvalue weighted by atomic mass is 10.1. The zero-order chi connectivity index (χ0) is 24.2. The van der Waals surface area contributed by atoms with Crippen molar-refractivity contribution in [2.45, 2.75) is 13.5 Å². The summed E-state index contributed by atoms with van der Waals surface area (Å²) in [6, 6.07) is 23.4. The molecule has 0 radical (unpaired) electrons. The van der Waals surface area contributed by atoms with Crippen LogP contribution in [0.2, 0.25) is 0 Å². The molecule has 0 fully saturated rings. The van der Waals surface area contributed by atoms with Gasteiger partial charge in [0.1, 0.15) is 11.4 Å². The number of benzene rings is 3. The predicted octanol–water partition coefficient (Wildman–Crippen LogP) is 5.35. The minimum absolute atomic E-state index is 0.235. The van der Waals surface area contributed by atoms with Crippen molar-refractivity contribution in [3.63, 3.8) is 0 Å². The molecule has 0 saturated carbocycles. The lowest BCUT2D eigenvalue weighted by Gasteiger charge is -2.09. The van der Waals surface area contributed by atoms with E-state index < -0.39 is 0 Å². The molecule has 5 aromatic rings. The van der Waals surface area contributed by atoms with Crippen LogP contribution in [0, 0.1) is 6.92 Å². The number of ether oxygens (including phenoxy) is 1. The van der Waals surface area contributed by atoms with Gasteiger partial charge in [0, 0.05) is 36.4 Å². The summed E-state index contributed by atoms with van der Waals surface area (Å²) >= 11 is 0. The van der Waals surface area contributed by atoms with E-state index in [0.29, 0.717) is 29.2 Å². The number of hydrogen-bond acceptors (Lipinski definition) is 4. The van der Waals surface area contributed by atoms with Crippen molar-refractivity contribution in [1.82, 2.24) is 19.3 Å². The first-order valence-electron chi connectivity index (χ1n) is 11.3. The summed E-state index contributed by atoms with van der Waals surface area (Å²) in [6.45, 7) is 2.71. The SMILES string of the molecule is COc1cccc(-c2nn(-c3ccc(C)cc3)cc2C(=O)Nc2cccc(Cn3ccnc3)c2)c1. The fraction of sp³-hybridized carbons (Fsp3) is 0.107. The van der Waals surface area contributed by atoms with E-state index in [0.717, 1.165) is 22.4 Å². The first-order chi connectivity index (χ1) is 17.1. The molecule has 0 aliphatic carbocycles. The summed E-state index contributed by atoms with van der Waals surface area (Å²) in [5.74, 6) is 0.465. The molecule has 1 N–H and O–H groups in total. The number of amides is 1. The van der Waals surface area contributed by atoms with Crippen LogP contribution in [0.15, 0.2) is 97.7 Å². The van der Waals surface area contributed by atoms with E-state index in [1.54, 1.807) is 30.5 Å². The topological polar surface area (TPSA) is 74.0 Å². The van der Waals surface area contributed by atoms with Gasteiger partial charge >= 0.3 is 0 Å². The number of imidazole rings is 1. The van der Waals surface area contributed by atoms with Crippen LogP contribution in [0.25, 0.3) is 16.9 Å². The average Bonchev–Trinajstić information content (AvgIpc) is 3.55. The van der Waals surface area contributed by atoms with E-state index in [9.17, 15) is 4.79 Å². The second kappa shape index (κ2) is 9.69. The lowest BCUT2D eigenvalue weighted by molar-refractivity contribution is 0.102. The molecule has 0 saturated heterocycles. The third-order valence-electron chi connectivity index (χ3n) is 5.71. The van der Waals surface area contributed by atoms with Crippen molar-refractivity contribution in [2.75, 3.05) is 12.4 Å². The van der Waals surface area contributed by atoms with Crippen LogP contribution in [0.1, 0.15) is 21.5 Å². The summed E-state index contributed by atoms with van der Waals surface area (Å²) in [5, 5.41) is 7.82. The quantitative estimate of drug-likeness (QED) is 0.353. The van der Waals surface area contributed by atoms with Crippen molar-refractivity contribution < 1.29 is 9.53 Å². The average molecular weight is 464 g/mol. The molecular formula is C28H25N5O2. The number of anilines is 1. The van der Waals surface area contributed by atoms with Gasteiger partial charge in [0.25, 0.3) is 5.91 Å². The Morgan fingerprint density at radius 3 is 2.63 bits per heavy atom. The molecule has 0 aliphatic heterocycles. The van der Waals surface area contributed by atoms with Crippen molar-refractivity contribution in [1.29, 1.82) is 0 Å². The lowest BCUT2D eigenvalue weighted by Crippen LogP contribution is -2.12. The summed E-state index contributed by atoms with van der Waals surface area (Å²) < 4.78 is 9.11. The highest BCUT2D eigenvalue weighted by molar-refractivity contribution is 6.08. The molecule has 7 nitrogen and oxygen atoms in total. The summed E-state index contributed by atoms with van der Waals surface area (Å²) in [6.07, 6.45) is 7.19. The van der Waals surface area contributed by atoms with E-state index in [4.69, 9.17) is 9.84 Å². The standard InChI is InChI=1S/C28H25N5O2/c1-20-9-11-24(12-10-20)33-18-26(27(31-33)22-6-4-8-25(16-22)35-2)28(34)30-23-7-3-5-21(15-23)17-32-14-13-29-19-32/h3-16,18-19H,17H2,1-2H3,(H,30,34). The summed E-state index contributed by atoms with van der Waals surface area (Å²) in [7, 11) is 1.62. The van der Waals surface area contributed by atoms with Crippen molar-refractivity contribution in [2.24, 2.45) is 0 Å². The molecule has 2 heterocycles. The molecule has 0 unspecified atom stereocenters. The number of nitrogens with zero attached hydrogens (tertiary/aromatic N) is 4. The second-order valence-corrected chi connectivity index (χ2v) is 8.29. The maximum absolute atomic E-state index is 13.5. The molecule has 1 amide bonds. The van der Waals surface area contributed by atoms with Gasteiger partial charge in [-0.15, -0.1) is 0 Å². The fourth-order valence-electron chi connectivity index (χ4n) is 3.89. The van der Waals surface area contributed by atoms with Crippen molar-refractivity contribution in [3.8, 4) is 22.7 Å². The predicted molar refractivity (Wildman–Crippen MR) is 136 cm³/mol. The third-order valence-corrected chi connectivity index (χ3v) is 5.71. The van der Waals surface area contributed by atoms with Crippen LogP contribution in [-0.2, 0) is 6.54 Å². The monoisotopic (exact) mass is 463 g/mol. The van der Waals surface area contributed by atoms with Gasteiger partial charge in [-0.3, -0.25) is 4.79 Å². The molecular weight excluding hydrogens is 438 g/mol. The van der Waals surface area contributed by atoms with E-state index >= 15 is 0 Å². The number of methoxy groups -OCH3 is 1. The van der Waals surface area contributed by atoms with Crippen molar-refractivity contribution >= 4 is 11.6 Å². The largest absolute Gasteiger partial charge is 0.497 e. The van der Waals surface area contributed by atoms with Gasteiger partial charge in [-0.05, 0) is 48.9 Å². The minimum Gasteiger partial charge on any atom is -0.497 e. The minimum atomic E-state index is -0.235. The molecule has 174 valence electrons. The number of carbonyl (C=O) groups is 1. The van der Waals surface area contributed by atoms with Crippen LogP contribution in [0.5, 0.6) is 5.75 Å². The van der Waals surface area contributed by atoms with Crippen LogP contribution >= 0.6 is 0 Å². The molecule has 0 spiro atoms. The van der Waals surface area contributed by atoms with Gasteiger partial charge in [0.05, 0.1) is 24.7 Å². The first-order valence-corrected chi connectivity index (χ1v) is 11.3. The van der Waals surface area contributed by atoms with Crippen LogP contribution < -0.4 is 10.1 Å². The van der Waals surface area contributed by atoms with Gasteiger partial charge < -0.3 is 14.6 Å². The number of hydrogen-bond donors (Lipinski definition) is 1. The van der Waals surface area contributed by atoms with E-state index in [1.165, 1.54) is 0 Å². The molecule has 5 rings (SSSR count). The molecule has 2 aromatic heterocycles. The van der Waals surface area contributed by atoms with Crippen LogP contribution in [0.3, 0.4) is 0 Å². The molecule has 0 bridgehead atoms. The molecule has 35 heavy (non-hydrogen) atoms. The van der Waals surface area contributed by atoms with Gasteiger partial charge in [0.2, 0.25) is 0 Å². The maximum Gasteiger partial charge on any atom is 0.259 e. The Morgan fingerprint density at radius 2 is 1.86 bits per heavy atom. The number of nitrogens with one attached hydrogen (secondary N) is 1. The van der Waals surface area contributed by atoms with Gasteiger partial charge in [-0.1, -0.05) is 42.0 Å². The van der Waals surface area contributed by atoms with Crippen LogP contribution in [-0.4, -0.2) is 32.3 Å². The third kappa shape index (κ3) is 4.99. The Balaban J connectivity index is 1.49.